The Kier molecular flexibility index (Phi) is 7.64. The summed E-state index contributed by atoms with van der Waals surface area (Å²) in [6.45, 7) is 3.69. The molecule has 1 fully saturated rings. The average molecular weight is 501 g/mol. The Labute approximate surface area is 214 Å². The topological polar surface area (TPSA) is 110 Å². The van der Waals surface area contributed by atoms with Crippen LogP contribution in [0.4, 0.5) is 10.5 Å². The van der Waals surface area contributed by atoms with E-state index >= 15 is 0 Å². The fourth-order valence-electron chi connectivity index (χ4n) is 4.34. The minimum Gasteiger partial charge on any atom is -0.290 e. The number of benzene rings is 3. The van der Waals surface area contributed by atoms with Crippen LogP contribution < -0.4 is 10.4 Å². The molecule has 1 atom stereocenters. The predicted octanol–water partition coefficient (Wildman–Crippen LogP) is 3.85. The molecular weight excluding hydrogens is 472 g/mol. The maximum Gasteiger partial charge on any atom is 0.329 e. The van der Waals surface area contributed by atoms with Crippen LogP contribution >= 0.6 is 0 Å². The quantitative estimate of drug-likeness (QED) is 0.277. The van der Waals surface area contributed by atoms with E-state index in [-0.39, 0.29) is 30.8 Å². The Hall–Kier alpha value is -4.50. The molecule has 2 N–H and O–H groups in total. The van der Waals surface area contributed by atoms with Gasteiger partial charge in [-0.3, -0.25) is 34.3 Å². The first-order chi connectivity index (χ1) is 17.8. The third kappa shape index (κ3) is 5.22. The SMILES string of the molecule is CCC(=O)N(c1ccccc1C(=O)NO)C1C(=O)N(Cc2ccccc2)C(=O)N1Cc1ccc(C)cc1. The number of urea groups is 1. The molecule has 0 bridgehead atoms. The number of nitrogens with zero attached hydrogens (tertiary/aromatic N) is 3. The summed E-state index contributed by atoms with van der Waals surface area (Å²) in [6.07, 6.45) is -1.30. The number of anilines is 1. The van der Waals surface area contributed by atoms with Gasteiger partial charge < -0.3 is 0 Å². The molecule has 1 saturated heterocycles. The maximum atomic E-state index is 13.9. The second-order valence-electron chi connectivity index (χ2n) is 8.76. The summed E-state index contributed by atoms with van der Waals surface area (Å²) in [7, 11) is 0. The van der Waals surface area contributed by atoms with Gasteiger partial charge in [0.2, 0.25) is 5.91 Å². The lowest BCUT2D eigenvalue weighted by Crippen LogP contribution is -2.52. The van der Waals surface area contributed by atoms with Crippen molar-refractivity contribution < 1.29 is 24.4 Å². The normalized spacial score (nSPS) is 15.2. The predicted molar refractivity (Wildman–Crippen MR) is 136 cm³/mol. The van der Waals surface area contributed by atoms with Crippen LogP contribution in [0.2, 0.25) is 0 Å². The van der Waals surface area contributed by atoms with E-state index in [0.717, 1.165) is 21.6 Å². The van der Waals surface area contributed by atoms with Gasteiger partial charge in [-0.05, 0) is 30.2 Å². The lowest BCUT2D eigenvalue weighted by molar-refractivity contribution is -0.131. The van der Waals surface area contributed by atoms with Crippen LogP contribution in [-0.2, 0) is 22.7 Å². The molecular formula is C28H28N4O5. The van der Waals surface area contributed by atoms with Gasteiger partial charge >= 0.3 is 6.03 Å². The zero-order valence-corrected chi connectivity index (χ0v) is 20.6. The van der Waals surface area contributed by atoms with Gasteiger partial charge in [-0.15, -0.1) is 0 Å². The first-order valence-electron chi connectivity index (χ1n) is 11.9. The number of nitrogens with one attached hydrogen (secondary N) is 1. The van der Waals surface area contributed by atoms with Crippen LogP contribution in [0.25, 0.3) is 0 Å². The van der Waals surface area contributed by atoms with E-state index in [1.807, 2.05) is 61.5 Å². The molecule has 0 saturated carbocycles. The summed E-state index contributed by atoms with van der Waals surface area (Å²) in [5, 5.41) is 9.28. The highest BCUT2D eigenvalue weighted by molar-refractivity contribution is 6.12. The molecule has 1 unspecified atom stereocenters. The molecule has 3 aromatic rings. The number of rotatable bonds is 8. The van der Waals surface area contributed by atoms with Crippen molar-refractivity contribution in [2.75, 3.05) is 4.90 Å². The first kappa shape index (κ1) is 25.6. The molecule has 5 amide bonds. The fourth-order valence-corrected chi connectivity index (χ4v) is 4.34. The van der Waals surface area contributed by atoms with Crippen molar-refractivity contribution in [2.45, 2.75) is 39.5 Å². The monoisotopic (exact) mass is 500 g/mol. The van der Waals surface area contributed by atoms with Crippen LogP contribution in [0.1, 0.15) is 40.4 Å². The van der Waals surface area contributed by atoms with Crippen LogP contribution in [0.15, 0.2) is 78.9 Å². The lowest BCUT2D eigenvalue weighted by Gasteiger charge is -2.33. The van der Waals surface area contributed by atoms with Gasteiger partial charge in [0.15, 0.2) is 6.17 Å². The largest absolute Gasteiger partial charge is 0.329 e. The smallest absolute Gasteiger partial charge is 0.290 e. The van der Waals surface area contributed by atoms with E-state index in [1.165, 1.54) is 21.9 Å². The average Bonchev–Trinajstić information content (AvgIpc) is 3.14. The van der Waals surface area contributed by atoms with Crippen molar-refractivity contribution in [1.82, 2.24) is 15.3 Å². The number of carbonyl (C=O) groups is 4. The third-order valence-corrected chi connectivity index (χ3v) is 6.24. The van der Waals surface area contributed by atoms with E-state index in [0.29, 0.717) is 0 Å². The molecule has 0 aromatic heterocycles. The molecule has 1 aliphatic heterocycles. The van der Waals surface area contributed by atoms with E-state index in [2.05, 4.69) is 0 Å². The molecule has 0 radical (unpaired) electrons. The lowest BCUT2D eigenvalue weighted by atomic mass is 10.1. The molecule has 190 valence electrons. The Morgan fingerprint density at radius 2 is 1.51 bits per heavy atom. The van der Waals surface area contributed by atoms with E-state index in [9.17, 15) is 24.4 Å². The second kappa shape index (κ2) is 11.0. The number of hydroxylamine groups is 1. The van der Waals surface area contributed by atoms with Crippen LogP contribution in [0, 0.1) is 6.92 Å². The summed E-state index contributed by atoms with van der Waals surface area (Å²) >= 11 is 0. The van der Waals surface area contributed by atoms with Crippen LogP contribution in [0.3, 0.4) is 0 Å². The van der Waals surface area contributed by atoms with E-state index in [4.69, 9.17) is 0 Å². The van der Waals surface area contributed by atoms with Crippen molar-refractivity contribution >= 4 is 29.4 Å². The van der Waals surface area contributed by atoms with Gasteiger partial charge in [-0.1, -0.05) is 79.2 Å². The van der Waals surface area contributed by atoms with Crippen LogP contribution in [-0.4, -0.2) is 44.9 Å². The Bertz CT molecular complexity index is 1310. The van der Waals surface area contributed by atoms with Gasteiger partial charge in [-0.25, -0.2) is 10.3 Å². The van der Waals surface area contributed by atoms with Gasteiger partial charge in [0, 0.05) is 13.0 Å². The number of amides is 5. The number of aryl methyl sites for hydroxylation is 1. The van der Waals surface area contributed by atoms with Crippen molar-refractivity contribution in [3.05, 3.63) is 101 Å². The van der Waals surface area contributed by atoms with Crippen molar-refractivity contribution in [1.29, 1.82) is 0 Å². The summed E-state index contributed by atoms with van der Waals surface area (Å²) in [5.74, 6) is -1.88. The minimum atomic E-state index is -1.32. The zero-order chi connectivity index (χ0) is 26.5. The molecule has 0 aliphatic carbocycles. The van der Waals surface area contributed by atoms with Gasteiger partial charge in [0.05, 0.1) is 17.8 Å². The van der Waals surface area contributed by atoms with Gasteiger partial charge in [-0.2, -0.15) is 0 Å². The molecule has 37 heavy (non-hydrogen) atoms. The number of hydrogen-bond acceptors (Lipinski definition) is 5. The summed E-state index contributed by atoms with van der Waals surface area (Å²) < 4.78 is 0. The maximum absolute atomic E-state index is 13.9. The number of carbonyl (C=O) groups excluding carboxylic acids is 4. The summed E-state index contributed by atoms with van der Waals surface area (Å²) in [5.41, 5.74) is 4.27. The van der Waals surface area contributed by atoms with E-state index < -0.39 is 29.9 Å². The Balaban J connectivity index is 1.82. The molecule has 9 nitrogen and oxygen atoms in total. The minimum absolute atomic E-state index is 0.0103. The highest BCUT2D eigenvalue weighted by Crippen LogP contribution is 2.31. The van der Waals surface area contributed by atoms with Crippen LogP contribution in [0.5, 0.6) is 0 Å². The third-order valence-electron chi connectivity index (χ3n) is 6.24. The zero-order valence-electron chi connectivity index (χ0n) is 20.6. The standard InChI is InChI=1S/C28H28N4O5/c1-3-24(33)32(23-12-8-7-11-22(23)25(34)29-37)26-27(35)31(18-20-9-5-4-6-10-20)28(36)30(26)17-21-15-13-19(2)14-16-21/h4-16,26,37H,3,17-18H2,1-2H3,(H,29,34). The number of para-hydroxylation sites is 1. The van der Waals surface area contributed by atoms with E-state index in [1.54, 1.807) is 24.5 Å². The molecule has 1 aliphatic rings. The molecule has 0 spiro atoms. The Morgan fingerprint density at radius 3 is 2.16 bits per heavy atom. The van der Waals surface area contributed by atoms with Gasteiger partial charge in [0.1, 0.15) is 0 Å². The molecule has 9 heteroatoms. The molecule has 4 rings (SSSR count). The van der Waals surface area contributed by atoms with Gasteiger partial charge in [0.25, 0.3) is 11.8 Å². The summed E-state index contributed by atoms with van der Waals surface area (Å²) in [4.78, 5) is 57.0. The summed E-state index contributed by atoms with van der Waals surface area (Å²) in [6, 6.07) is 22.2. The van der Waals surface area contributed by atoms with Crippen molar-refractivity contribution in [3.8, 4) is 0 Å². The Morgan fingerprint density at radius 1 is 0.892 bits per heavy atom. The number of hydrogen-bond donors (Lipinski definition) is 2. The number of imide groups is 1. The van der Waals surface area contributed by atoms with Crippen molar-refractivity contribution in [3.63, 3.8) is 0 Å². The fraction of sp³-hybridized carbons (Fsp3) is 0.214. The second-order valence-corrected chi connectivity index (χ2v) is 8.76. The molecule has 3 aromatic carbocycles. The molecule has 1 heterocycles. The highest BCUT2D eigenvalue weighted by Gasteiger charge is 2.50. The van der Waals surface area contributed by atoms with Crippen molar-refractivity contribution in [2.24, 2.45) is 0 Å². The first-order valence-corrected chi connectivity index (χ1v) is 11.9. The highest BCUT2D eigenvalue weighted by atomic mass is 16.5.